The molecule has 2 heterocycles. The predicted octanol–water partition coefficient (Wildman–Crippen LogP) is 3.23. The van der Waals surface area contributed by atoms with Gasteiger partial charge in [0.15, 0.2) is 5.15 Å². The van der Waals surface area contributed by atoms with Crippen LogP contribution in [0.15, 0.2) is 24.3 Å². The Morgan fingerprint density at radius 3 is 2.62 bits per heavy atom. The lowest BCUT2D eigenvalue weighted by atomic mass is 10.1. The molecule has 0 atom stereocenters. The number of hydrogen-bond donors (Lipinski definition) is 0. The van der Waals surface area contributed by atoms with Gasteiger partial charge in [-0.05, 0) is 12.1 Å². The molecule has 0 N–H and O–H groups in total. The Kier molecular flexibility index (Phi) is 3.29. The smallest absolute Gasteiger partial charge is 0.388 e. The molecule has 0 radical (unpaired) electrons. The van der Waals surface area contributed by atoms with Crippen LogP contribution >= 0.6 is 11.6 Å². The Bertz CT molecular complexity index is 812. The van der Waals surface area contributed by atoms with Crippen LogP contribution in [0.25, 0.3) is 22.2 Å². The van der Waals surface area contributed by atoms with Gasteiger partial charge in [0.1, 0.15) is 0 Å². The highest BCUT2D eigenvalue weighted by molar-refractivity contribution is 6.34. The second-order valence-electron chi connectivity index (χ2n) is 4.52. The molecule has 0 spiro atoms. The summed E-state index contributed by atoms with van der Waals surface area (Å²) in [5.74, 6) is 0.00290. The topological polar surface area (TPSA) is 44.9 Å². The first-order valence-electron chi connectivity index (χ1n) is 6.07. The number of nitrogens with zero attached hydrogens (tertiary/aromatic N) is 4. The monoisotopic (exact) mass is 312 g/mol. The first-order valence-corrected chi connectivity index (χ1v) is 6.45. The van der Waals surface area contributed by atoms with Crippen LogP contribution in [0, 0.1) is 0 Å². The van der Waals surface area contributed by atoms with Crippen molar-refractivity contribution in [3.8, 4) is 17.1 Å². The van der Waals surface area contributed by atoms with E-state index in [1.54, 1.807) is 18.8 Å². The van der Waals surface area contributed by atoms with Crippen molar-refractivity contribution < 1.29 is 13.5 Å². The first-order chi connectivity index (χ1) is 9.95. The van der Waals surface area contributed by atoms with Crippen molar-refractivity contribution in [1.82, 2.24) is 19.6 Å². The summed E-state index contributed by atoms with van der Waals surface area (Å²) in [6.07, 6.45) is 0. The number of aromatic nitrogens is 4. The summed E-state index contributed by atoms with van der Waals surface area (Å²) in [6, 6.07) is 6.95. The van der Waals surface area contributed by atoms with E-state index in [1.807, 2.05) is 18.2 Å². The maximum absolute atomic E-state index is 12.3. The number of alkyl halides is 2. The lowest BCUT2D eigenvalue weighted by Gasteiger charge is -2.01. The summed E-state index contributed by atoms with van der Waals surface area (Å²) >= 11 is 6.01. The highest BCUT2D eigenvalue weighted by atomic mass is 35.5. The molecule has 0 aliphatic carbocycles. The minimum absolute atomic E-state index is 0.00290. The van der Waals surface area contributed by atoms with Crippen LogP contribution < -0.4 is 4.74 Å². The number of fused-ring (bicyclic) bond motifs is 1. The molecule has 3 aromatic rings. The molecular weight excluding hydrogens is 302 g/mol. The molecule has 0 aliphatic rings. The molecule has 110 valence electrons. The van der Waals surface area contributed by atoms with Crippen LogP contribution in [0.1, 0.15) is 0 Å². The van der Waals surface area contributed by atoms with Crippen molar-refractivity contribution in [2.45, 2.75) is 6.61 Å². The van der Waals surface area contributed by atoms with E-state index in [0.717, 1.165) is 16.5 Å². The van der Waals surface area contributed by atoms with Gasteiger partial charge in [0.2, 0.25) is 5.88 Å². The Balaban J connectivity index is 2.06. The molecule has 3 rings (SSSR count). The molecule has 0 fully saturated rings. The molecule has 0 unspecified atom stereocenters. The molecule has 0 amide bonds. The van der Waals surface area contributed by atoms with Crippen molar-refractivity contribution in [1.29, 1.82) is 0 Å². The molecule has 0 saturated heterocycles. The Morgan fingerprint density at radius 1 is 1.14 bits per heavy atom. The number of ether oxygens (including phenoxy) is 1. The first kappa shape index (κ1) is 13.8. The van der Waals surface area contributed by atoms with E-state index in [1.165, 1.54) is 10.7 Å². The van der Waals surface area contributed by atoms with Gasteiger partial charge in [-0.1, -0.05) is 17.7 Å². The number of benzene rings is 1. The third-order valence-corrected chi connectivity index (χ3v) is 3.43. The third-order valence-electron chi connectivity index (χ3n) is 3.15. The van der Waals surface area contributed by atoms with Crippen LogP contribution in [-0.2, 0) is 14.1 Å². The van der Waals surface area contributed by atoms with E-state index < -0.39 is 6.61 Å². The maximum atomic E-state index is 12.3. The van der Waals surface area contributed by atoms with Crippen LogP contribution in [0.3, 0.4) is 0 Å². The third kappa shape index (κ3) is 2.44. The zero-order chi connectivity index (χ0) is 15.1. The highest BCUT2D eigenvalue weighted by Gasteiger charge is 2.14. The van der Waals surface area contributed by atoms with Gasteiger partial charge in [-0.15, -0.1) is 0 Å². The number of aryl methyl sites for hydroxylation is 2. The van der Waals surface area contributed by atoms with E-state index >= 15 is 0 Å². The normalized spacial score (nSPS) is 11.5. The molecular formula is C13H11ClF2N4O. The van der Waals surface area contributed by atoms with Crippen molar-refractivity contribution in [2.24, 2.45) is 14.1 Å². The minimum atomic E-state index is -2.88. The van der Waals surface area contributed by atoms with Gasteiger partial charge in [0, 0.05) is 31.1 Å². The largest absolute Gasteiger partial charge is 0.417 e. The summed E-state index contributed by atoms with van der Waals surface area (Å²) in [7, 11) is 3.32. The maximum Gasteiger partial charge on any atom is 0.388 e. The molecule has 8 heteroatoms. The Labute approximate surface area is 123 Å². The molecule has 0 aliphatic heterocycles. The fourth-order valence-corrected chi connectivity index (χ4v) is 2.44. The molecule has 2 aromatic heterocycles. The summed E-state index contributed by atoms with van der Waals surface area (Å²) < 4.78 is 31.9. The summed E-state index contributed by atoms with van der Waals surface area (Å²) in [5.41, 5.74) is 2.13. The second kappa shape index (κ2) is 5.00. The van der Waals surface area contributed by atoms with E-state index in [2.05, 4.69) is 14.9 Å². The van der Waals surface area contributed by atoms with Gasteiger partial charge < -0.3 is 4.74 Å². The van der Waals surface area contributed by atoms with Crippen LogP contribution in [0.5, 0.6) is 5.88 Å². The summed E-state index contributed by atoms with van der Waals surface area (Å²) in [6.45, 7) is -2.88. The number of hydrogen-bond acceptors (Lipinski definition) is 3. The van der Waals surface area contributed by atoms with Crippen LogP contribution in [0.4, 0.5) is 8.78 Å². The van der Waals surface area contributed by atoms with E-state index in [4.69, 9.17) is 11.6 Å². The standard InChI is InChI=1S/C13H11ClF2N4O/c1-19-10-5-7(3-4-8(10)12(14)18-19)9-6-11(20(2)17-9)21-13(15)16/h3-6,13H,1-2H3. The minimum Gasteiger partial charge on any atom is -0.417 e. The molecule has 0 saturated carbocycles. The quantitative estimate of drug-likeness (QED) is 0.746. The highest BCUT2D eigenvalue weighted by Crippen LogP contribution is 2.29. The van der Waals surface area contributed by atoms with Gasteiger partial charge in [0.25, 0.3) is 0 Å². The average molecular weight is 313 g/mol. The number of halogens is 3. The zero-order valence-electron chi connectivity index (χ0n) is 11.2. The molecule has 5 nitrogen and oxygen atoms in total. The lowest BCUT2D eigenvalue weighted by molar-refractivity contribution is -0.0553. The molecule has 21 heavy (non-hydrogen) atoms. The van der Waals surface area contributed by atoms with Crippen molar-refractivity contribution >= 4 is 22.5 Å². The summed E-state index contributed by atoms with van der Waals surface area (Å²) in [4.78, 5) is 0. The molecule has 0 bridgehead atoms. The molecule has 1 aromatic carbocycles. The SMILES string of the molecule is Cn1nc(-c2ccc3c(Cl)nn(C)c3c2)cc1OC(F)F. The van der Waals surface area contributed by atoms with Crippen LogP contribution in [-0.4, -0.2) is 26.2 Å². The zero-order valence-corrected chi connectivity index (χ0v) is 12.0. The average Bonchev–Trinajstić information content (AvgIpc) is 2.91. The Hall–Kier alpha value is -2.15. The van der Waals surface area contributed by atoms with Gasteiger partial charge in [-0.25, -0.2) is 4.68 Å². The van der Waals surface area contributed by atoms with Crippen molar-refractivity contribution in [3.63, 3.8) is 0 Å². The van der Waals surface area contributed by atoms with E-state index in [0.29, 0.717) is 10.8 Å². The lowest BCUT2D eigenvalue weighted by Crippen LogP contribution is -2.05. The fourth-order valence-electron chi connectivity index (χ4n) is 2.17. The summed E-state index contributed by atoms with van der Waals surface area (Å²) in [5, 5.41) is 9.53. The van der Waals surface area contributed by atoms with Gasteiger partial charge in [0.05, 0.1) is 11.2 Å². The number of rotatable bonds is 3. The van der Waals surface area contributed by atoms with Gasteiger partial charge >= 0.3 is 6.61 Å². The Morgan fingerprint density at radius 2 is 1.90 bits per heavy atom. The van der Waals surface area contributed by atoms with Crippen LogP contribution in [0.2, 0.25) is 5.15 Å². The van der Waals surface area contributed by atoms with E-state index in [9.17, 15) is 8.78 Å². The van der Waals surface area contributed by atoms with Gasteiger partial charge in [-0.3, -0.25) is 4.68 Å². The van der Waals surface area contributed by atoms with Crippen molar-refractivity contribution in [3.05, 3.63) is 29.4 Å². The fraction of sp³-hybridized carbons (Fsp3) is 0.231. The second-order valence-corrected chi connectivity index (χ2v) is 4.87. The van der Waals surface area contributed by atoms with Gasteiger partial charge in [-0.2, -0.15) is 19.0 Å². The van der Waals surface area contributed by atoms with E-state index in [-0.39, 0.29) is 5.88 Å². The van der Waals surface area contributed by atoms with Crippen molar-refractivity contribution in [2.75, 3.05) is 0 Å². The predicted molar refractivity (Wildman–Crippen MR) is 74.6 cm³/mol.